The number of H-pyrrole nitrogens is 1. The minimum absolute atomic E-state index is 0.106. The normalized spacial score (nSPS) is 12.6. The van der Waals surface area contributed by atoms with Crippen LogP contribution < -0.4 is 16.4 Å². The third-order valence-electron chi connectivity index (χ3n) is 3.55. The van der Waals surface area contributed by atoms with Crippen molar-refractivity contribution in [2.24, 2.45) is 5.73 Å². The SMILES string of the molecule is C#C.CC(O)C(NC(=O)NCc1nc([C@@H](N)Cc2cnc[nH]2)no1)C(=O)O.CCC(=O)O. The molecule has 2 aromatic rings. The van der Waals surface area contributed by atoms with Gasteiger partial charge in [-0.05, 0) is 6.92 Å². The zero-order valence-electron chi connectivity index (χ0n) is 17.6. The van der Waals surface area contributed by atoms with Crippen molar-refractivity contribution in [3.8, 4) is 12.8 Å². The molecule has 2 unspecified atom stereocenters. The van der Waals surface area contributed by atoms with Gasteiger partial charge in [0, 0.05) is 24.7 Å². The first-order valence-electron chi connectivity index (χ1n) is 9.19. The van der Waals surface area contributed by atoms with Crippen molar-refractivity contribution >= 4 is 18.0 Å². The van der Waals surface area contributed by atoms with E-state index in [1.807, 2.05) is 0 Å². The number of carbonyl (C=O) groups excluding carboxylic acids is 1. The first kappa shape index (κ1) is 28.0. The fraction of sp³-hybridized carbons (Fsp3) is 0.444. The molecule has 0 aliphatic heterocycles. The van der Waals surface area contributed by atoms with Gasteiger partial charge in [0.1, 0.15) is 0 Å². The Morgan fingerprint density at radius 1 is 1.31 bits per heavy atom. The van der Waals surface area contributed by atoms with Crippen molar-refractivity contribution in [1.82, 2.24) is 30.7 Å². The topological polar surface area (TPSA) is 230 Å². The summed E-state index contributed by atoms with van der Waals surface area (Å²) in [6, 6.07) is -2.74. The molecule has 0 spiro atoms. The fourth-order valence-electron chi connectivity index (χ4n) is 1.95. The maximum absolute atomic E-state index is 11.7. The molecule has 0 fully saturated rings. The van der Waals surface area contributed by atoms with Crippen molar-refractivity contribution < 1.29 is 34.2 Å². The Morgan fingerprint density at radius 2 is 1.94 bits per heavy atom. The maximum atomic E-state index is 11.7. The Bertz CT molecular complexity index is 849. The van der Waals surface area contributed by atoms with Crippen LogP contribution in [0.3, 0.4) is 0 Å². The zero-order valence-corrected chi connectivity index (χ0v) is 17.6. The molecule has 2 rings (SSSR count). The monoisotopic (exact) mass is 453 g/mol. The number of amides is 2. The summed E-state index contributed by atoms with van der Waals surface area (Å²) in [5, 5.41) is 34.1. The predicted octanol–water partition coefficient (Wildman–Crippen LogP) is -0.601. The number of aliphatic carboxylic acids is 2. The predicted molar refractivity (Wildman–Crippen MR) is 110 cm³/mol. The molecule has 32 heavy (non-hydrogen) atoms. The molecular weight excluding hydrogens is 426 g/mol. The number of rotatable bonds is 9. The van der Waals surface area contributed by atoms with Crippen LogP contribution >= 0.6 is 0 Å². The minimum Gasteiger partial charge on any atom is -0.481 e. The number of urea groups is 1. The van der Waals surface area contributed by atoms with Crippen LogP contribution in [0.1, 0.15) is 43.7 Å². The lowest BCUT2D eigenvalue weighted by Gasteiger charge is -2.16. The Kier molecular flexibility index (Phi) is 13.1. The lowest BCUT2D eigenvalue weighted by atomic mass is 10.2. The van der Waals surface area contributed by atoms with E-state index in [1.165, 1.54) is 13.3 Å². The molecule has 2 amide bonds. The first-order valence-corrected chi connectivity index (χ1v) is 9.19. The van der Waals surface area contributed by atoms with Crippen LogP contribution in [-0.4, -0.2) is 65.5 Å². The van der Waals surface area contributed by atoms with E-state index < -0.39 is 36.2 Å². The summed E-state index contributed by atoms with van der Waals surface area (Å²) in [5.41, 5.74) is 6.78. The third-order valence-corrected chi connectivity index (χ3v) is 3.55. The van der Waals surface area contributed by atoms with E-state index in [-0.39, 0.29) is 24.7 Å². The summed E-state index contributed by atoms with van der Waals surface area (Å²) >= 11 is 0. The van der Waals surface area contributed by atoms with Gasteiger partial charge >= 0.3 is 18.0 Å². The highest BCUT2D eigenvalue weighted by Crippen LogP contribution is 2.11. The number of nitrogens with one attached hydrogen (secondary N) is 3. The minimum atomic E-state index is -1.43. The second-order valence-electron chi connectivity index (χ2n) is 6.06. The van der Waals surface area contributed by atoms with Crippen LogP contribution in [0.15, 0.2) is 17.0 Å². The first-order chi connectivity index (χ1) is 15.1. The molecule has 3 atom stereocenters. The Morgan fingerprint density at radius 3 is 2.41 bits per heavy atom. The molecule has 0 saturated heterocycles. The largest absolute Gasteiger partial charge is 0.481 e. The molecule has 14 nitrogen and oxygen atoms in total. The average Bonchev–Trinajstić information content (AvgIpc) is 3.44. The smallest absolute Gasteiger partial charge is 0.328 e. The summed E-state index contributed by atoms with van der Waals surface area (Å²) in [6.45, 7) is 2.73. The van der Waals surface area contributed by atoms with E-state index >= 15 is 0 Å². The van der Waals surface area contributed by atoms with E-state index in [2.05, 4.69) is 43.6 Å². The van der Waals surface area contributed by atoms with Crippen LogP contribution in [0.25, 0.3) is 0 Å². The Labute approximate surface area is 183 Å². The lowest BCUT2D eigenvalue weighted by molar-refractivity contribution is -0.141. The van der Waals surface area contributed by atoms with E-state index in [0.717, 1.165) is 5.69 Å². The number of nitrogens with zero attached hydrogens (tertiary/aromatic N) is 3. The molecule has 8 N–H and O–H groups in total. The van der Waals surface area contributed by atoms with Gasteiger partial charge in [-0.15, -0.1) is 12.8 Å². The van der Waals surface area contributed by atoms with Gasteiger partial charge in [0.2, 0.25) is 5.89 Å². The number of hydrogen-bond acceptors (Lipinski definition) is 9. The van der Waals surface area contributed by atoms with E-state index in [0.29, 0.717) is 6.42 Å². The number of aromatic amines is 1. The second-order valence-corrected chi connectivity index (χ2v) is 6.06. The highest BCUT2D eigenvalue weighted by Gasteiger charge is 2.25. The van der Waals surface area contributed by atoms with Crippen molar-refractivity contribution in [1.29, 1.82) is 0 Å². The molecule has 0 aromatic carbocycles. The quantitative estimate of drug-likeness (QED) is 0.237. The number of hydrogen-bond donors (Lipinski definition) is 7. The molecule has 14 heteroatoms. The molecule has 0 aliphatic rings. The molecular formula is C18H27N7O7. The molecule has 0 radical (unpaired) electrons. The van der Waals surface area contributed by atoms with Gasteiger partial charge in [-0.1, -0.05) is 12.1 Å². The molecule has 2 heterocycles. The number of aliphatic hydroxyl groups excluding tert-OH is 1. The number of aromatic nitrogens is 4. The fourth-order valence-corrected chi connectivity index (χ4v) is 1.95. The standard InChI is InChI=1S/C13H19N7O5.C3H6O2.C2H2/c1-6(21)10(12(22)23)19-13(24)16-4-9-18-11(20-25-9)8(14)2-7-3-15-5-17-7;1-2-3(4)5;1-2/h3,5-6,8,10,21H,2,4,14H2,1H3,(H,15,17)(H,22,23)(H2,16,19,24);2H2,1H3,(H,4,5);1-2H/t6?,8-,10?;;/m0../s1. The maximum Gasteiger partial charge on any atom is 0.328 e. The molecule has 176 valence electrons. The van der Waals surface area contributed by atoms with Crippen LogP contribution in [0.4, 0.5) is 4.79 Å². The van der Waals surface area contributed by atoms with Crippen LogP contribution in [0.5, 0.6) is 0 Å². The summed E-state index contributed by atoms with van der Waals surface area (Å²) in [4.78, 5) is 42.8. The van der Waals surface area contributed by atoms with Gasteiger partial charge in [-0.25, -0.2) is 14.6 Å². The van der Waals surface area contributed by atoms with Gasteiger partial charge in [-0.2, -0.15) is 4.98 Å². The Hall–Kier alpha value is -3.96. The van der Waals surface area contributed by atoms with Gasteiger partial charge < -0.3 is 41.2 Å². The van der Waals surface area contributed by atoms with Crippen molar-refractivity contribution in [3.63, 3.8) is 0 Å². The molecule has 0 bridgehead atoms. The number of carbonyl (C=O) groups is 3. The van der Waals surface area contributed by atoms with E-state index in [9.17, 15) is 19.5 Å². The molecule has 0 aliphatic carbocycles. The van der Waals surface area contributed by atoms with Gasteiger partial charge in [-0.3, -0.25) is 4.79 Å². The zero-order chi connectivity index (χ0) is 24.7. The van der Waals surface area contributed by atoms with E-state index in [1.54, 1.807) is 13.1 Å². The Balaban J connectivity index is 0.00000121. The van der Waals surface area contributed by atoms with Crippen molar-refractivity contribution in [2.45, 2.75) is 51.4 Å². The van der Waals surface area contributed by atoms with Crippen LogP contribution in [-0.2, 0) is 22.6 Å². The van der Waals surface area contributed by atoms with Gasteiger partial charge in [0.15, 0.2) is 11.9 Å². The number of carboxylic acids is 2. The highest BCUT2D eigenvalue weighted by molar-refractivity contribution is 5.82. The summed E-state index contributed by atoms with van der Waals surface area (Å²) in [5.74, 6) is -1.73. The number of terminal acetylenes is 1. The number of aliphatic hydroxyl groups is 1. The van der Waals surface area contributed by atoms with Gasteiger partial charge in [0.05, 0.1) is 25.0 Å². The average molecular weight is 453 g/mol. The van der Waals surface area contributed by atoms with E-state index in [4.69, 9.17) is 20.5 Å². The van der Waals surface area contributed by atoms with Crippen LogP contribution in [0, 0.1) is 12.8 Å². The third kappa shape index (κ3) is 10.7. The van der Waals surface area contributed by atoms with Crippen molar-refractivity contribution in [2.75, 3.05) is 0 Å². The van der Waals surface area contributed by atoms with Gasteiger partial charge in [0.25, 0.3) is 0 Å². The summed E-state index contributed by atoms with van der Waals surface area (Å²) in [6.07, 6.45) is 10.6. The molecule has 0 saturated carbocycles. The highest BCUT2D eigenvalue weighted by atomic mass is 16.5. The van der Waals surface area contributed by atoms with Crippen molar-refractivity contribution in [3.05, 3.63) is 29.9 Å². The number of carboxylic acid groups (broad SMARTS) is 2. The van der Waals surface area contributed by atoms with Crippen LogP contribution in [0.2, 0.25) is 0 Å². The lowest BCUT2D eigenvalue weighted by Crippen LogP contribution is -2.51. The number of nitrogens with two attached hydrogens (primary N) is 1. The number of imidazole rings is 1. The molecule has 2 aromatic heterocycles. The second kappa shape index (κ2) is 14.9. The summed E-state index contributed by atoms with van der Waals surface area (Å²) < 4.78 is 4.98. The summed E-state index contributed by atoms with van der Waals surface area (Å²) in [7, 11) is 0.